The summed E-state index contributed by atoms with van der Waals surface area (Å²) in [7, 11) is 3.07. The van der Waals surface area contributed by atoms with Gasteiger partial charge in [0.05, 0.1) is 34.0 Å². The topological polar surface area (TPSA) is 85.3 Å². The number of rotatable bonds is 7. The number of ether oxygens (including phenoxy) is 3. The Morgan fingerprint density at radius 3 is 2.42 bits per heavy atom. The van der Waals surface area contributed by atoms with Gasteiger partial charge in [0.2, 0.25) is 0 Å². The van der Waals surface area contributed by atoms with Crippen molar-refractivity contribution in [1.82, 2.24) is 16.2 Å². The van der Waals surface area contributed by atoms with Crippen LogP contribution in [0.3, 0.4) is 0 Å². The number of hydrogen-bond acceptors (Lipinski definition) is 5. The predicted octanol–water partition coefficient (Wildman–Crippen LogP) is -0.882. The van der Waals surface area contributed by atoms with Gasteiger partial charge in [0.1, 0.15) is 24.6 Å². The zero-order chi connectivity index (χ0) is 18.8. The van der Waals surface area contributed by atoms with Crippen molar-refractivity contribution in [2.45, 2.75) is 6.42 Å². The summed E-state index contributed by atoms with van der Waals surface area (Å²) in [5.41, 5.74) is 5.68. The molecule has 1 aliphatic rings. The number of carbonyl (C=O) groups excluding carboxylic acids is 1. The Bertz CT molecular complexity index is 586. The van der Waals surface area contributed by atoms with Crippen LogP contribution < -0.4 is 30.5 Å². The second kappa shape index (κ2) is 10.8. The minimum atomic E-state index is -0.330. The number of morpholine rings is 1. The summed E-state index contributed by atoms with van der Waals surface area (Å²) in [5.74, 6) is 0.755. The molecular weight excluding hydrogens is 356 g/mol. The van der Waals surface area contributed by atoms with Crippen molar-refractivity contribution >= 4 is 23.2 Å². The van der Waals surface area contributed by atoms with E-state index in [-0.39, 0.29) is 5.91 Å². The first kappa shape index (κ1) is 20.2. The predicted molar refractivity (Wildman–Crippen MR) is 102 cm³/mol. The van der Waals surface area contributed by atoms with Crippen molar-refractivity contribution in [3.8, 4) is 11.5 Å². The van der Waals surface area contributed by atoms with Crippen molar-refractivity contribution in [1.29, 1.82) is 0 Å². The third-order valence-electron chi connectivity index (χ3n) is 4.10. The number of carbonyl (C=O) groups is 1. The number of quaternary nitrogens is 1. The fraction of sp³-hybridized carbons (Fsp3) is 0.529. The molecule has 0 spiro atoms. The van der Waals surface area contributed by atoms with Gasteiger partial charge in [-0.1, -0.05) is 0 Å². The number of hydrogen-bond donors (Lipinski definition) is 4. The third-order valence-corrected chi connectivity index (χ3v) is 4.34. The quantitative estimate of drug-likeness (QED) is 0.276. The molecule has 0 saturated carbocycles. The largest absolute Gasteiger partial charge is 0.497 e. The van der Waals surface area contributed by atoms with Crippen LogP contribution in [0, 0.1) is 0 Å². The molecule has 1 aromatic rings. The minimum absolute atomic E-state index is 0.330. The van der Waals surface area contributed by atoms with E-state index in [0.29, 0.717) is 22.2 Å². The lowest BCUT2D eigenvalue weighted by atomic mass is 10.2. The van der Waals surface area contributed by atoms with Gasteiger partial charge in [0.25, 0.3) is 5.91 Å². The minimum Gasteiger partial charge on any atom is -0.497 e. The Morgan fingerprint density at radius 1 is 1.15 bits per heavy atom. The highest BCUT2D eigenvalue weighted by molar-refractivity contribution is 7.80. The van der Waals surface area contributed by atoms with Crippen LogP contribution in [-0.4, -0.2) is 64.6 Å². The molecule has 144 valence electrons. The molecule has 0 aromatic heterocycles. The normalized spacial score (nSPS) is 14.4. The molecule has 0 atom stereocenters. The molecule has 8 nitrogen and oxygen atoms in total. The van der Waals surface area contributed by atoms with Gasteiger partial charge >= 0.3 is 0 Å². The molecule has 1 aromatic carbocycles. The molecule has 26 heavy (non-hydrogen) atoms. The van der Waals surface area contributed by atoms with Crippen LogP contribution >= 0.6 is 12.2 Å². The van der Waals surface area contributed by atoms with E-state index in [0.717, 1.165) is 45.8 Å². The van der Waals surface area contributed by atoms with Crippen molar-refractivity contribution < 1.29 is 23.9 Å². The smallest absolute Gasteiger partial charge is 0.269 e. The van der Waals surface area contributed by atoms with Gasteiger partial charge in [0, 0.05) is 24.6 Å². The number of hydrazine groups is 1. The Balaban J connectivity index is 1.68. The summed E-state index contributed by atoms with van der Waals surface area (Å²) in [6.45, 7) is 5.62. The zero-order valence-corrected chi connectivity index (χ0v) is 16.0. The number of amides is 1. The van der Waals surface area contributed by atoms with E-state index in [1.54, 1.807) is 23.1 Å². The van der Waals surface area contributed by atoms with Crippen molar-refractivity contribution in [3.05, 3.63) is 23.8 Å². The fourth-order valence-electron chi connectivity index (χ4n) is 2.62. The van der Waals surface area contributed by atoms with E-state index in [9.17, 15) is 4.79 Å². The molecule has 1 fully saturated rings. The van der Waals surface area contributed by atoms with Gasteiger partial charge in [-0.15, -0.1) is 0 Å². The molecule has 1 aliphatic heterocycles. The lowest BCUT2D eigenvalue weighted by molar-refractivity contribution is -0.908. The summed E-state index contributed by atoms with van der Waals surface area (Å²) in [4.78, 5) is 13.8. The standard InChI is InChI=1S/C17H26N4O4S/c1-23-14-10-13(11-15(12-14)24-2)16(22)19-20-17(26)18-4-3-5-21-6-8-25-9-7-21/h10-12H,3-9H2,1-2H3,(H,19,22)(H2,18,20,26)/p+1. The summed E-state index contributed by atoms with van der Waals surface area (Å²) in [6.07, 6.45) is 0.998. The molecule has 0 unspecified atom stereocenters. The maximum atomic E-state index is 12.2. The Labute approximate surface area is 159 Å². The van der Waals surface area contributed by atoms with E-state index in [2.05, 4.69) is 16.2 Å². The molecule has 0 aliphatic carbocycles. The van der Waals surface area contributed by atoms with Crippen LogP contribution in [0.4, 0.5) is 0 Å². The van der Waals surface area contributed by atoms with Gasteiger partial charge in [-0.05, 0) is 24.4 Å². The van der Waals surface area contributed by atoms with Gasteiger partial charge in [-0.2, -0.15) is 0 Å². The molecule has 0 bridgehead atoms. The van der Waals surface area contributed by atoms with Crippen LogP contribution in [0.15, 0.2) is 18.2 Å². The first-order valence-electron chi connectivity index (χ1n) is 8.61. The Hall–Kier alpha value is -2.10. The van der Waals surface area contributed by atoms with Crippen LogP contribution in [0.2, 0.25) is 0 Å². The summed E-state index contributed by atoms with van der Waals surface area (Å²) in [6, 6.07) is 4.95. The van der Waals surface area contributed by atoms with Crippen molar-refractivity contribution in [2.75, 3.05) is 53.6 Å². The lowest BCUT2D eigenvalue weighted by Crippen LogP contribution is -3.14. The number of benzene rings is 1. The third kappa shape index (κ3) is 6.66. The van der Waals surface area contributed by atoms with Crippen LogP contribution in [0.5, 0.6) is 11.5 Å². The maximum Gasteiger partial charge on any atom is 0.269 e. The van der Waals surface area contributed by atoms with E-state index < -0.39 is 0 Å². The average Bonchev–Trinajstić information content (AvgIpc) is 2.69. The Morgan fingerprint density at radius 2 is 1.81 bits per heavy atom. The van der Waals surface area contributed by atoms with Gasteiger partial charge < -0.3 is 24.4 Å². The molecule has 1 saturated heterocycles. The van der Waals surface area contributed by atoms with Crippen LogP contribution in [0.1, 0.15) is 16.8 Å². The van der Waals surface area contributed by atoms with Crippen LogP contribution in [0.25, 0.3) is 0 Å². The maximum absolute atomic E-state index is 12.2. The highest BCUT2D eigenvalue weighted by atomic mass is 32.1. The summed E-state index contributed by atoms with van der Waals surface area (Å²) in [5, 5.41) is 3.47. The molecule has 4 N–H and O–H groups in total. The SMILES string of the molecule is COc1cc(OC)cc(C(=O)NNC(=S)NCCC[NH+]2CCOCC2)c1. The summed E-state index contributed by atoms with van der Waals surface area (Å²) >= 11 is 5.18. The number of methoxy groups -OCH3 is 2. The monoisotopic (exact) mass is 383 g/mol. The molecule has 0 radical (unpaired) electrons. The van der Waals surface area contributed by atoms with E-state index in [1.165, 1.54) is 14.2 Å². The van der Waals surface area contributed by atoms with E-state index in [4.69, 9.17) is 26.4 Å². The second-order valence-corrected chi connectivity index (χ2v) is 6.31. The molecule has 9 heteroatoms. The fourth-order valence-corrected chi connectivity index (χ4v) is 2.77. The van der Waals surface area contributed by atoms with Gasteiger partial charge in [-0.25, -0.2) is 0 Å². The van der Waals surface area contributed by atoms with Crippen LogP contribution in [-0.2, 0) is 4.74 Å². The van der Waals surface area contributed by atoms with Crippen molar-refractivity contribution in [2.24, 2.45) is 0 Å². The summed E-state index contributed by atoms with van der Waals surface area (Å²) < 4.78 is 15.7. The first-order valence-corrected chi connectivity index (χ1v) is 9.01. The molecule has 1 amide bonds. The van der Waals surface area contributed by atoms with E-state index >= 15 is 0 Å². The number of nitrogens with one attached hydrogen (secondary N) is 4. The number of thiocarbonyl (C=S) groups is 1. The van der Waals surface area contributed by atoms with Gasteiger partial charge in [-0.3, -0.25) is 15.6 Å². The lowest BCUT2D eigenvalue weighted by Gasteiger charge is -2.23. The molecule has 1 heterocycles. The first-order chi connectivity index (χ1) is 12.6. The highest BCUT2D eigenvalue weighted by Gasteiger charge is 2.13. The van der Waals surface area contributed by atoms with Gasteiger partial charge in [0.15, 0.2) is 5.11 Å². The molecular formula is C17H27N4O4S+. The average molecular weight is 383 g/mol. The zero-order valence-electron chi connectivity index (χ0n) is 15.2. The second-order valence-electron chi connectivity index (χ2n) is 5.90. The van der Waals surface area contributed by atoms with E-state index in [1.807, 2.05) is 0 Å². The Kier molecular flexibility index (Phi) is 8.39. The highest BCUT2D eigenvalue weighted by Crippen LogP contribution is 2.22. The molecule has 2 rings (SSSR count). The van der Waals surface area contributed by atoms with Crippen molar-refractivity contribution in [3.63, 3.8) is 0 Å².